The molecule has 1 aliphatic carbocycles. The van der Waals surface area contributed by atoms with Crippen LogP contribution in [-0.2, 0) is 0 Å². The summed E-state index contributed by atoms with van der Waals surface area (Å²) < 4.78 is 37.6. The lowest BCUT2D eigenvalue weighted by Gasteiger charge is -2.24. The van der Waals surface area contributed by atoms with Gasteiger partial charge in [-0.1, -0.05) is 23.4 Å². The average molecular weight is 298 g/mol. The van der Waals surface area contributed by atoms with E-state index in [0.29, 0.717) is 5.16 Å². The maximum Gasteiger partial charge on any atom is 0.405 e. The quantitative estimate of drug-likeness (QED) is 0.484. The molecule has 1 aromatic heterocycles. The minimum absolute atomic E-state index is 0.0905. The Balaban J connectivity index is 2.27. The normalized spacial score (nSPS) is 15.8. The van der Waals surface area contributed by atoms with E-state index < -0.39 is 12.7 Å². The van der Waals surface area contributed by atoms with Crippen molar-refractivity contribution in [3.05, 3.63) is 11.2 Å². The van der Waals surface area contributed by atoms with Gasteiger partial charge in [0.15, 0.2) is 5.16 Å². The van der Waals surface area contributed by atoms with Crippen molar-refractivity contribution in [1.82, 2.24) is 9.97 Å². The average Bonchev–Trinajstić information content (AvgIpc) is 3.07. The van der Waals surface area contributed by atoms with Crippen molar-refractivity contribution < 1.29 is 13.2 Å². The van der Waals surface area contributed by atoms with Crippen LogP contribution < -0.4 is 4.90 Å². The van der Waals surface area contributed by atoms with Crippen molar-refractivity contribution in [1.29, 1.82) is 0 Å². The smallest absolute Gasteiger partial charge is 0.344 e. The van der Waals surface area contributed by atoms with Gasteiger partial charge < -0.3 is 4.90 Å². The van der Waals surface area contributed by atoms with E-state index >= 15 is 0 Å². The zero-order valence-electron chi connectivity index (χ0n) is 9.54. The maximum absolute atomic E-state index is 12.5. The van der Waals surface area contributed by atoms with Gasteiger partial charge in [-0.05, 0) is 19.1 Å². The van der Waals surface area contributed by atoms with Crippen LogP contribution in [0.1, 0.15) is 12.8 Å². The minimum atomic E-state index is -4.25. The van der Waals surface area contributed by atoms with Gasteiger partial charge in [-0.3, -0.25) is 0 Å². The molecule has 0 aromatic carbocycles. The Hall–Kier alpha value is -0.690. The summed E-state index contributed by atoms with van der Waals surface area (Å²) >= 11 is 7.05. The molecule has 0 amide bonds. The molecule has 0 aliphatic heterocycles. The van der Waals surface area contributed by atoms with Gasteiger partial charge in [0.25, 0.3) is 0 Å². The second-order valence-corrected chi connectivity index (χ2v) is 5.17. The molecule has 18 heavy (non-hydrogen) atoms. The summed E-state index contributed by atoms with van der Waals surface area (Å²) in [7, 11) is 0. The van der Waals surface area contributed by atoms with Crippen molar-refractivity contribution in [3.8, 4) is 0 Å². The van der Waals surface area contributed by atoms with Crippen molar-refractivity contribution >= 4 is 29.2 Å². The molecular formula is C10H11ClF3N3S. The van der Waals surface area contributed by atoms with E-state index in [1.807, 2.05) is 0 Å². The lowest BCUT2D eigenvalue weighted by molar-refractivity contribution is -0.120. The van der Waals surface area contributed by atoms with Crippen LogP contribution in [0, 0.1) is 0 Å². The van der Waals surface area contributed by atoms with E-state index in [1.165, 1.54) is 22.7 Å². The van der Waals surface area contributed by atoms with Crippen molar-refractivity contribution in [2.75, 3.05) is 17.7 Å². The van der Waals surface area contributed by atoms with Crippen LogP contribution in [0.15, 0.2) is 11.2 Å². The van der Waals surface area contributed by atoms with Crippen LogP contribution in [0.3, 0.4) is 0 Å². The lowest BCUT2D eigenvalue weighted by Crippen LogP contribution is -2.36. The van der Waals surface area contributed by atoms with Crippen LogP contribution in [0.2, 0.25) is 5.15 Å². The van der Waals surface area contributed by atoms with Gasteiger partial charge in [0.2, 0.25) is 0 Å². The summed E-state index contributed by atoms with van der Waals surface area (Å²) in [4.78, 5) is 9.27. The number of halogens is 4. The Morgan fingerprint density at radius 2 is 2.11 bits per heavy atom. The molecule has 0 atom stereocenters. The standard InChI is InChI=1S/C10H11ClF3N3S/c1-18-9-15-7(11)4-8(16-9)17(6-2-3-6)5-10(12,13)14/h4,6H,2-3,5H2,1H3. The Bertz CT molecular complexity index is 437. The van der Waals surface area contributed by atoms with Crippen LogP contribution in [0.4, 0.5) is 19.0 Å². The fourth-order valence-electron chi connectivity index (χ4n) is 1.60. The van der Waals surface area contributed by atoms with Gasteiger partial charge in [-0.2, -0.15) is 13.2 Å². The third-order valence-electron chi connectivity index (χ3n) is 2.47. The predicted octanol–water partition coefficient (Wildman–Crippen LogP) is 3.38. The van der Waals surface area contributed by atoms with Crippen molar-refractivity contribution in [3.63, 3.8) is 0 Å². The fourth-order valence-corrected chi connectivity index (χ4v) is 2.20. The number of nitrogens with zero attached hydrogens (tertiary/aromatic N) is 3. The van der Waals surface area contributed by atoms with E-state index in [0.717, 1.165) is 12.8 Å². The summed E-state index contributed by atoms with van der Waals surface area (Å²) in [6.07, 6.45) is -0.987. The van der Waals surface area contributed by atoms with E-state index in [1.54, 1.807) is 6.26 Å². The summed E-state index contributed by atoms with van der Waals surface area (Å²) in [5, 5.41) is 0.544. The highest BCUT2D eigenvalue weighted by molar-refractivity contribution is 7.98. The molecule has 1 fully saturated rings. The molecule has 2 rings (SSSR count). The highest BCUT2D eigenvalue weighted by Gasteiger charge is 2.39. The zero-order valence-corrected chi connectivity index (χ0v) is 11.1. The van der Waals surface area contributed by atoms with Crippen LogP contribution in [0.5, 0.6) is 0 Å². The third-order valence-corrected chi connectivity index (χ3v) is 3.22. The third kappa shape index (κ3) is 3.65. The number of hydrogen-bond donors (Lipinski definition) is 0. The first kappa shape index (κ1) is 13.7. The first-order chi connectivity index (χ1) is 8.39. The van der Waals surface area contributed by atoms with Gasteiger partial charge in [0.1, 0.15) is 17.5 Å². The van der Waals surface area contributed by atoms with E-state index in [-0.39, 0.29) is 17.0 Å². The molecule has 100 valence electrons. The molecule has 8 heteroatoms. The molecule has 1 saturated carbocycles. The van der Waals surface area contributed by atoms with E-state index in [2.05, 4.69) is 9.97 Å². The lowest BCUT2D eigenvalue weighted by atomic mass is 10.4. The Morgan fingerprint density at radius 3 is 2.61 bits per heavy atom. The van der Waals surface area contributed by atoms with Gasteiger partial charge >= 0.3 is 6.18 Å². The first-order valence-electron chi connectivity index (χ1n) is 5.31. The van der Waals surface area contributed by atoms with Gasteiger partial charge in [-0.15, -0.1) is 0 Å². The molecule has 0 bridgehead atoms. The predicted molar refractivity (Wildman–Crippen MR) is 65.2 cm³/mol. The molecule has 0 radical (unpaired) electrons. The SMILES string of the molecule is CSc1nc(Cl)cc(N(CC(F)(F)F)C2CC2)n1. The second-order valence-electron chi connectivity index (χ2n) is 4.01. The molecule has 1 aromatic rings. The number of aromatic nitrogens is 2. The van der Waals surface area contributed by atoms with E-state index in [4.69, 9.17) is 11.6 Å². The van der Waals surface area contributed by atoms with Gasteiger partial charge in [0, 0.05) is 12.1 Å². The van der Waals surface area contributed by atoms with Gasteiger partial charge in [0.05, 0.1) is 0 Å². The monoisotopic (exact) mass is 297 g/mol. The molecular weight excluding hydrogens is 287 g/mol. The molecule has 1 aliphatic rings. The molecule has 3 nitrogen and oxygen atoms in total. The number of alkyl halides is 3. The van der Waals surface area contributed by atoms with Crippen molar-refractivity contribution in [2.45, 2.75) is 30.2 Å². The largest absolute Gasteiger partial charge is 0.405 e. The second kappa shape index (κ2) is 5.13. The zero-order chi connectivity index (χ0) is 13.3. The molecule has 0 unspecified atom stereocenters. The highest BCUT2D eigenvalue weighted by atomic mass is 35.5. The number of hydrogen-bond acceptors (Lipinski definition) is 4. The Morgan fingerprint density at radius 1 is 1.44 bits per heavy atom. The number of anilines is 1. The van der Waals surface area contributed by atoms with Crippen LogP contribution in [-0.4, -0.2) is 35.0 Å². The fraction of sp³-hybridized carbons (Fsp3) is 0.600. The van der Waals surface area contributed by atoms with E-state index in [9.17, 15) is 13.2 Å². The summed E-state index contributed by atoms with van der Waals surface area (Å²) in [5.41, 5.74) is 0. The molecule has 0 saturated heterocycles. The van der Waals surface area contributed by atoms with Gasteiger partial charge in [-0.25, -0.2) is 9.97 Å². The Labute approximate surface area is 112 Å². The van der Waals surface area contributed by atoms with Crippen LogP contribution >= 0.6 is 23.4 Å². The number of thioether (sulfide) groups is 1. The molecule has 0 spiro atoms. The Kier molecular flexibility index (Phi) is 3.91. The van der Waals surface area contributed by atoms with Crippen molar-refractivity contribution in [2.24, 2.45) is 0 Å². The topological polar surface area (TPSA) is 29.0 Å². The number of rotatable bonds is 4. The summed E-state index contributed by atoms with van der Waals surface area (Å²) in [5.74, 6) is 0.249. The van der Waals surface area contributed by atoms with Crippen LogP contribution in [0.25, 0.3) is 0 Å². The highest BCUT2D eigenvalue weighted by Crippen LogP contribution is 2.34. The minimum Gasteiger partial charge on any atom is -0.344 e. The summed E-state index contributed by atoms with van der Waals surface area (Å²) in [6.45, 7) is -1.00. The summed E-state index contributed by atoms with van der Waals surface area (Å²) in [6, 6.07) is 1.29. The maximum atomic E-state index is 12.5. The first-order valence-corrected chi connectivity index (χ1v) is 6.91. The molecule has 0 N–H and O–H groups in total. The molecule has 1 heterocycles.